The SMILES string of the molecule is COC1([N+](=O)[O-])C=CC(Br)=CC1. The van der Waals surface area contributed by atoms with Crippen molar-refractivity contribution in [3.63, 3.8) is 0 Å². The van der Waals surface area contributed by atoms with E-state index >= 15 is 0 Å². The van der Waals surface area contributed by atoms with Crippen molar-refractivity contribution >= 4 is 15.9 Å². The Morgan fingerprint density at radius 3 is 2.83 bits per heavy atom. The van der Waals surface area contributed by atoms with E-state index in [-0.39, 0.29) is 6.42 Å². The summed E-state index contributed by atoms with van der Waals surface area (Å²) in [5.41, 5.74) is -1.36. The molecule has 1 rings (SSSR count). The molecule has 66 valence electrons. The normalized spacial score (nSPS) is 28.3. The molecule has 0 aliphatic heterocycles. The van der Waals surface area contributed by atoms with E-state index in [1.165, 1.54) is 13.2 Å². The summed E-state index contributed by atoms with van der Waals surface area (Å²) in [6.07, 6.45) is 5.03. The highest BCUT2D eigenvalue weighted by Gasteiger charge is 2.40. The molecule has 0 saturated carbocycles. The molecule has 0 bridgehead atoms. The second kappa shape index (κ2) is 3.37. The highest BCUT2D eigenvalue weighted by atomic mass is 79.9. The van der Waals surface area contributed by atoms with Crippen LogP contribution in [0.25, 0.3) is 0 Å². The Balaban J connectivity index is 2.88. The van der Waals surface area contributed by atoms with Gasteiger partial charge in [-0.05, 0) is 6.08 Å². The van der Waals surface area contributed by atoms with Crippen LogP contribution >= 0.6 is 15.9 Å². The third kappa shape index (κ3) is 1.56. The summed E-state index contributed by atoms with van der Waals surface area (Å²) >= 11 is 3.21. The number of nitrogens with zero attached hydrogens (tertiary/aromatic N) is 1. The summed E-state index contributed by atoms with van der Waals surface area (Å²) in [4.78, 5) is 10.2. The van der Waals surface area contributed by atoms with Gasteiger partial charge in [-0.15, -0.1) is 0 Å². The molecule has 1 atom stereocenters. The molecule has 0 fully saturated rings. The first-order chi connectivity index (χ1) is 5.60. The van der Waals surface area contributed by atoms with Crippen LogP contribution in [0.5, 0.6) is 0 Å². The minimum atomic E-state index is -1.36. The number of hydrogen-bond donors (Lipinski definition) is 0. The molecular weight excluding hydrogens is 226 g/mol. The van der Waals surface area contributed by atoms with E-state index in [0.29, 0.717) is 0 Å². The van der Waals surface area contributed by atoms with Gasteiger partial charge in [0.05, 0.1) is 11.3 Å². The van der Waals surface area contributed by atoms with Crippen LogP contribution in [0.2, 0.25) is 0 Å². The number of hydrogen-bond acceptors (Lipinski definition) is 3. The number of methoxy groups -OCH3 is 1. The molecule has 0 aromatic rings. The van der Waals surface area contributed by atoms with Gasteiger partial charge in [0.1, 0.15) is 0 Å². The Morgan fingerprint density at radius 1 is 1.83 bits per heavy atom. The minimum absolute atomic E-state index is 0.258. The molecule has 1 aliphatic rings. The van der Waals surface area contributed by atoms with Crippen LogP contribution in [0.1, 0.15) is 6.42 Å². The molecule has 1 unspecified atom stereocenters. The van der Waals surface area contributed by atoms with Gasteiger partial charge >= 0.3 is 5.72 Å². The van der Waals surface area contributed by atoms with Crippen LogP contribution in [0, 0.1) is 10.1 Å². The van der Waals surface area contributed by atoms with E-state index in [1.54, 1.807) is 12.2 Å². The molecule has 0 heterocycles. The molecule has 0 saturated heterocycles. The van der Waals surface area contributed by atoms with Gasteiger partial charge in [-0.2, -0.15) is 0 Å². The molecule has 0 aromatic carbocycles. The molecular formula is C7H8BrNO3. The fraction of sp³-hybridized carbons (Fsp3) is 0.429. The lowest BCUT2D eigenvalue weighted by Gasteiger charge is -2.20. The molecule has 0 aromatic heterocycles. The summed E-state index contributed by atoms with van der Waals surface area (Å²) in [5.74, 6) is 0. The summed E-state index contributed by atoms with van der Waals surface area (Å²) in [6.45, 7) is 0. The summed E-state index contributed by atoms with van der Waals surface area (Å²) in [5, 5.41) is 10.6. The van der Waals surface area contributed by atoms with Gasteiger partial charge in [0.15, 0.2) is 0 Å². The van der Waals surface area contributed by atoms with Gasteiger partial charge in [-0.1, -0.05) is 22.0 Å². The van der Waals surface area contributed by atoms with Crippen molar-refractivity contribution in [1.29, 1.82) is 0 Å². The predicted molar refractivity (Wildman–Crippen MR) is 47.5 cm³/mol. The van der Waals surface area contributed by atoms with Crippen LogP contribution in [-0.2, 0) is 4.74 Å². The molecule has 0 radical (unpaired) electrons. The second-order valence-corrected chi connectivity index (χ2v) is 3.35. The van der Waals surface area contributed by atoms with Crippen LogP contribution in [-0.4, -0.2) is 17.8 Å². The summed E-state index contributed by atoms with van der Waals surface area (Å²) in [7, 11) is 1.33. The van der Waals surface area contributed by atoms with E-state index in [9.17, 15) is 10.1 Å². The molecule has 0 N–H and O–H groups in total. The van der Waals surface area contributed by atoms with E-state index in [2.05, 4.69) is 15.9 Å². The molecule has 1 aliphatic carbocycles. The van der Waals surface area contributed by atoms with E-state index in [4.69, 9.17) is 4.74 Å². The smallest absolute Gasteiger partial charge is 0.315 e. The van der Waals surface area contributed by atoms with Crippen molar-refractivity contribution in [3.8, 4) is 0 Å². The van der Waals surface area contributed by atoms with Gasteiger partial charge in [0.25, 0.3) is 0 Å². The third-order valence-electron chi connectivity index (χ3n) is 1.76. The largest absolute Gasteiger partial charge is 0.348 e. The zero-order valence-corrected chi connectivity index (χ0v) is 8.08. The maximum Gasteiger partial charge on any atom is 0.348 e. The average molecular weight is 234 g/mol. The van der Waals surface area contributed by atoms with Crippen LogP contribution in [0.15, 0.2) is 22.7 Å². The fourth-order valence-corrected chi connectivity index (χ4v) is 1.24. The standard InChI is InChI=1S/C7H8BrNO3/c1-12-7(9(10)11)4-2-6(8)3-5-7/h2-4H,5H2,1H3. The van der Waals surface area contributed by atoms with E-state index in [0.717, 1.165) is 4.48 Å². The lowest BCUT2D eigenvalue weighted by molar-refractivity contribution is -0.610. The van der Waals surface area contributed by atoms with Crippen molar-refractivity contribution in [3.05, 3.63) is 32.8 Å². The quantitative estimate of drug-likeness (QED) is 0.416. The molecule has 12 heavy (non-hydrogen) atoms. The molecule has 0 amide bonds. The first-order valence-corrected chi connectivity index (χ1v) is 4.14. The third-order valence-corrected chi connectivity index (χ3v) is 2.34. The highest BCUT2D eigenvalue weighted by Crippen LogP contribution is 2.26. The van der Waals surface area contributed by atoms with Crippen molar-refractivity contribution < 1.29 is 9.66 Å². The zero-order valence-electron chi connectivity index (χ0n) is 6.49. The molecule has 0 spiro atoms. The van der Waals surface area contributed by atoms with Gasteiger partial charge < -0.3 is 4.74 Å². The maximum absolute atomic E-state index is 10.6. The number of halogens is 1. The van der Waals surface area contributed by atoms with Crippen LogP contribution in [0.3, 0.4) is 0 Å². The van der Waals surface area contributed by atoms with Crippen LogP contribution in [0.4, 0.5) is 0 Å². The Bertz CT molecular complexity index is 261. The van der Waals surface area contributed by atoms with E-state index < -0.39 is 10.6 Å². The topological polar surface area (TPSA) is 52.4 Å². The first-order valence-electron chi connectivity index (χ1n) is 3.35. The minimum Gasteiger partial charge on any atom is -0.315 e. The highest BCUT2D eigenvalue weighted by molar-refractivity contribution is 9.11. The molecule has 4 nitrogen and oxygen atoms in total. The monoisotopic (exact) mass is 233 g/mol. The van der Waals surface area contributed by atoms with Gasteiger partial charge in [0.2, 0.25) is 0 Å². The lowest BCUT2D eigenvalue weighted by Crippen LogP contribution is -2.38. The summed E-state index contributed by atoms with van der Waals surface area (Å²) < 4.78 is 5.68. The van der Waals surface area contributed by atoms with Crippen molar-refractivity contribution in [2.75, 3.05) is 7.11 Å². The Hall–Kier alpha value is -0.680. The number of nitro groups is 1. The second-order valence-electron chi connectivity index (χ2n) is 2.43. The average Bonchev–Trinajstić information content (AvgIpc) is 2.06. The first kappa shape index (κ1) is 9.41. The summed E-state index contributed by atoms with van der Waals surface area (Å²) in [6, 6.07) is 0. The van der Waals surface area contributed by atoms with Gasteiger partial charge in [-0.25, -0.2) is 0 Å². The van der Waals surface area contributed by atoms with Crippen molar-refractivity contribution in [1.82, 2.24) is 0 Å². The Morgan fingerprint density at radius 2 is 2.50 bits per heavy atom. The van der Waals surface area contributed by atoms with Crippen molar-refractivity contribution in [2.45, 2.75) is 12.1 Å². The van der Waals surface area contributed by atoms with Crippen LogP contribution < -0.4 is 0 Å². The fourth-order valence-electron chi connectivity index (χ4n) is 0.951. The Labute approximate surface area is 78.2 Å². The lowest BCUT2D eigenvalue weighted by atomic mass is 10.1. The predicted octanol–water partition coefficient (Wildman–Crippen LogP) is 1.84. The zero-order chi connectivity index (χ0) is 9.19. The Kier molecular flexibility index (Phi) is 2.64. The van der Waals surface area contributed by atoms with E-state index in [1.807, 2.05) is 0 Å². The van der Waals surface area contributed by atoms with Gasteiger partial charge in [0, 0.05) is 17.7 Å². The van der Waals surface area contributed by atoms with Crippen molar-refractivity contribution in [2.24, 2.45) is 0 Å². The number of ether oxygens (including phenoxy) is 1. The maximum atomic E-state index is 10.6. The number of allylic oxidation sites excluding steroid dienone is 2. The number of rotatable bonds is 2. The van der Waals surface area contributed by atoms with Gasteiger partial charge in [-0.3, -0.25) is 10.1 Å². The molecule has 5 heteroatoms.